The molecule has 0 bridgehead atoms. The molecule has 2 atom stereocenters. The van der Waals surface area contributed by atoms with Crippen LogP contribution in [0.15, 0.2) is 18.2 Å². The largest absolute Gasteiger partial charge is 0.481 e. The molecule has 0 radical (unpaired) electrons. The average Bonchev–Trinajstić information content (AvgIpc) is 2.83. The molecule has 0 spiro atoms. The number of carbonyl (C=O) groups is 1. The minimum absolute atomic E-state index is 0.0410. The number of hydrogen-bond donors (Lipinski definition) is 0. The third kappa shape index (κ3) is 4.38. The van der Waals surface area contributed by atoms with Crippen molar-refractivity contribution < 1.29 is 17.9 Å². The number of hydrogen-bond acceptors (Lipinski definition) is 4. The fourth-order valence-corrected chi connectivity index (χ4v) is 4.64. The van der Waals surface area contributed by atoms with Gasteiger partial charge in [0.2, 0.25) is 0 Å². The molecule has 1 amide bonds. The highest BCUT2D eigenvalue weighted by atomic mass is 35.5. The van der Waals surface area contributed by atoms with Crippen LogP contribution in [0.1, 0.15) is 25.8 Å². The number of sulfone groups is 1. The zero-order chi connectivity index (χ0) is 17.2. The van der Waals surface area contributed by atoms with Gasteiger partial charge in [-0.1, -0.05) is 11.6 Å². The summed E-state index contributed by atoms with van der Waals surface area (Å²) in [6.45, 7) is 5.86. The summed E-state index contributed by atoms with van der Waals surface area (Å²) in [6.07, 6.45) is -0.187. The smallest absolute Gasteiger partial charge is 0.263 e. The molecule has 0 aromatic heterocycles. The number of likely N-dealkylation sites (N-methyl/N-ethyl adjacent to an activating group) is 1. The molecule has 1 heterocycles. The highest BCUT2D eigenvalue weighted by Gasteiger charge is 2.35. The van der Waals surface area contributed by atoms with Gasteiger partial charge in [-0.05, 0) is 51.0 Å². The Balaban J connectivity index is 2.06. The van der Waals surface area contributed by atoms with Gasteiger partial charge in [0.15, 0.2) is 15.9 Å². The van der Waals surface area contributed by atoms with Crippen molar-refractivity contribution in [3.63, 3.8) is 0 Å². The van der Waals surface area contributed by atoms with E-state index in [1.54, 1.807) is 30.0 Å². The summed E-state index contributed by atoms with van der Waals surface area (Å²) < 4.78 is 29.0. The summed E-state index contributed by atoms with van der Waals surface area (Å²) in [5.41, 5.74) is 0.873. The van der Waals surface area contributed by atoms with Gasteiger partial charge >= 0.3 is 0 Å². The number of ether oxygens (including phenoxy) is 1. The van der Waals surface area contributed by atoms with Crippen LogP contribution in [0.5, 0.6) is 5.75 Å². The van der Waals surface area contributed by atoms with Crippen LogP contribution in [0.4, 0.5) is 0 Å². The predicted octanol–water partition coefficient (Wildman–Crippen LogP) is 2.45. The van der Waals surface area contributed by atoms with Crippen LogP contribution < -0.4 is 4.74 Å². The van der Waals surface area contributed by atoms with Crippen LogP contribution >= 0.6 is 11.6 Å². The van der Waals surface area contributed by atoms with E-state index in [-0.39, 0.29) is 23.5 Å². The summed E-state index contributed by atoms with van der Waals surface area (Å²) in [7, 11) is -3.03. The van der Waals surface area contributed by atoms with E-state index in [0.717, 1.165) is 5.56 Å². The second-order valence-corrected chi connectivity index (χ2v) is 8.49. The molecule has 2 unspecified atom stereocenters. The Bertz CT molecular complexity index is 689. The van der Waals surface area contributed by atoms with Crippen molar-refractivity contribution in [2.75, 3.05) is 18.1 Å². The Morgan fingerprint density at radius 1 is 1.48 bits per heavy atom. The van der Waals surface area contributed by atoms with Crippen LogP contribution in [-0.2, 0) is 14.6 Å². The van der Waals surface area contributed by atoms with Gasteiger partial charge in [0.25, 0.3) is 5.91 Å². The number of benzene rings is 1. The van der Waals surface area contributed by atoms with Crippen LogP contribution in [0.3, 0.4) is 0 Å². The predicted molar refractivity (Wildman–Crippen MR) is 90.7 cm³/mol. The number of carbonyl (C=O) groups excluding carboxylic acids is 1. The highest BCUT2D eigenvalue weighted by Crippen LogP contribution is 2.23. The third-order valence-electron chi connectivity index (χ3n) is 4.06. The number of amides is 1. The molecular formula is C16H22ClNO4S. The molecule has 0 N–H and O–H groups in total. The molecular weight excluding hydrogens is 338 g/mol. The van der Waals surface area contributed by atoms with Crippen molar-refractivity contribution in [3.05, 3.63) is 28.8 Å². The van der Waals surface area contributed by atoms with E-state index in [4.69, 9.17) is 16.3 Å². The van der Waals surface area contributed by atoms with Gasteiger partial charge in [-0.3, -0.25) is 4.79 Å². The lowest BCUT2D eigenvalue weighted by Crippen LogP contribution is -2.46. The highest BCUT2D eigenvalue weighted by molar-refractivity contribution is 7.91. The number of aryl methyl sites for hydroxylation is 1. The zero-order valence-corrected chi connectivity index (χ0v) is 15.2. The Kier molecular flexibility index (Phi) is 5.57. The standard InChI is InChI=1S/C16H22ClNO4S/c1-4-18(13-7-8-23(20,21)10-13)16(19)12(3)22-14-5-6-15(17)11(2)9-14/h5-6,9,12-13H,4,7-8,10H2,1-3H3. The lowest BCUT2D eigenvalue weighted by atomic mass is 10.2. The number of rotatable bonds is 5. The molecule has 1 aliphatic heterocycles. The summed E-state index contributed by atoms with van der Waals surface area (Å²) in [5.74, 6) is 0.567. The first-order valence-electron chi connectivity index (χ1n) is 7.67. The monoisotopic (exact) mass is 359 g/mol. The quantitative estimate of drug-likeness (QED) is 0.810. The molecule has 1 aliphatic rings. The fourth-order valence-electron chi connectivity index (χ4n) is 2.79. The van der Waals surface area contributed by atoms with Gasteiger partial charge < -0.3 is 9.64 Å². The second-order valence-electron chi connectivity index (χ2n) is 5.85. The first kappa shape index (κ1) is 18.1. The molecule has 1 fully saturated rings. The molecule has 1 aromatic rings. The van der Waals surface area contributed by atoms with Crippen molar-refractivity contribution in [3.8, 4) is 5.75 Å². The van der Waals surface area contributed by atoms with E-state index in [2.05, 4.69) is 0 Å². The van der Waals surface area contributed by atoms with Crippen molar-refractivity contribution >= 4 is 27.3 Å². The van der Waals surface area contributed by atoms with Gasteiger partial charge in [-0.2, -0.15) is 0 Å². The van der Waals surface area contributed by atoms with Gasteiger partial charge in [0, 0.05) is 17.6 Å². The van der Waals surface area contributed by atoms with E-state index in [9.17, 15) is 13.2 Å². The van der Waals surface area contributed by atoms with Crippen LogP contribution in [-0.4, -0.2) is 49.4 Å². The summed E-state index contributed by atoms with van der Waals surface area (Å²) in [4.78, 5) is 14.2. The first-order valence-corrected chi connectivity index (χ1v) is 9.87. The lowest BCUT2D eigenvalue weighted by molar-refractivity contribution is -0.139. The van der Waals surface area contributed by atoms with Crippen molar-refractivity contribution in [1.82, 2.24) is 4.90 Å². The van der Waals surface area contributed by atoms with E-state index in [0.29, 0.717) is 23.7 Å². The van der Waals surface area contributed by atoms with Gasteiger partial charge in [0.1, 0.15) is 5.75 Å². The number of nitrogens with zero attached hydrogens (tertiary/aromatic N) is 1. The van der Waals surface area contributed by atoms with Gasteiger partial charge in [-0.25, -0.2) is 8.42 Å². The SMILES string of the molecule is CCN(C(=O)C(C)Oc1ccc(Cl)c(C)c1)C1CCS(=O)(=O)C1. The van der Waals surface area contributed by atoms with Crippen LogP contribution in [0.25, 0.3) is 0 Å². The maximum absolute atomic E-state index is 12.6. The molecule has 5 nitrogen and oxygen atoms in total. The molecule has 2 rings (SSSR count). The lowest BCUT2D eigenvalue weighted by Gasteiger charge is -2.29. The molecule has 23 heavy (non-hydrogen) atoms. The fraction of sp³-hybridized carbons (Fsp3) is 0.562. The molecule has 1 aromatic carbocycles. The Labute approximate surface area is 142 Å². The molecule has 1 saturated heterocycles. The minimum Gasteiger partial charge on any atom is -0.481 e. The first-order chi connectivity index (χ1) is 10.7. The normalized spacial score (nSPS) is 21.0. The minimum atomic E-state index is -3.03. The summed E-state index contributed by atoms with van der Waals surface area (Å²) in [5, 5.41) is 0.641. The summed E-state index contributed by atoms with van der Waals surface area (Å²) >= 11 is 5.98. The Hall–Kier alpha value is -1.27. The molecule has 0 aliphatic carbocycles. The van der Waals surface area contributed by atoms with Gasteiger partial charge in [-0.15, -0.1) is 0 Å². The van der Waals surface area contributed by atoms with Crippen LogP contribution in [0, 0.1) is 6.92 Å². The van der Waals surface area contributed by atoms with Crippen molar-refractivity contribution in [2.24, 2.45) is 0 Å². The Morgan fingerprint density at radius 3 is 2.70 bits per heavy atom. The molecule has 7 heteroatoms. The van der Waals surface area contributed by atoms with E-state index >= 15 is 0 Å². The topological polar surface area (TPSA) is 63.7 Å². The zero-order valence-electron chi connectivity index (χ0n) is 13.6. The average molecular weight is 360 g/mol. The van der Waals surface area contributed by atoms with Crippen molar-refractivity contribution in [1.29, 1.82) is 0 Å². The number of halogens is 1. The Morgan fingerprint density at radius 2 is 2.17 bits per heavy atom. The van der Waals surface area contributed by atoms with Crippen LogP contribution in [0.2, 0.25) is 5.02 Å². The molecule has 128 valence electrons. The third-order valence-corrected chi connectivity index (χ3v) is 6.24. The summed E-state index contributed by atoms with van der Waals surface area (Å²) in [6, 6.07) is 4.97. The van der Waals surface area contributed by atoms with E-state index in [1.165, 1.54) is 0 Å². The van der Waals surface area contributed by atoms with E-state index in [1.807, 2.05) is 13.8 Å². The van der Waals surface area contributed by atoms with Gasteiger partial charge in [0.05, 0.1) is 11.5 Å². The van der Waals surface area contributed by atoms with E-state index < -0.39 is 15.9 Å². The second kappa shape index (κ2) is 7.09. The molecule has 0 saturated carbocycles. The maximum atomic E-state index is 12.6. The van der Waals surface area contributed by atoms with Crippen molar-refractivity contribution in [2.45, 2.75) is 39.3 Å². The maximum Gasteiger partial charge on any atom is 0.263 e.